The maximum absolute atomic E-state index is 4.15. The van der Waals surface area contributed by atoms with Crippen molar-refractivity contribution in [2.75, 3.05) is 6.54 Å². The zero-order chi connectivity index (χ0) is 20.1. The number of hydrogen-bond donors (Lipinski definition) is 1. The Morgan fingerprint density at radius 3 is 1.07 bits per heavy atom. The van der Waals surface area contributed by atoms with Gasteiger partial charge in [-0.1, -0.05) is 130 Å². The van der Waals surface area contributed by atoms with E-state index in [0.29, 0.717) is 5.54 Å². The topological polar surface area (TPSA) is 12.0 Å². The lowest BCUT2D eigenvalue weighted by molar-refractivity contribution is 0.244. The zero-order valence-electron chi connectivity index (χ0n) is 19.6. The van der Waals surface area contributed by atoms with Crippen LogP contribution in [0.25, 0.3) is 0 Å². The molecule has 0 heterocycles. The van der Waals surface area contributed by atoms with Gasteiger partial charge in [-0.25, -0.2) is 0 Å². The summed E-state index contributed by atoms with van der Waals surface area (Å²) in [5.74, 6) is 0. The summed E-state index contributed by atoms with van der Waals surface area (Å²) in [5, 5.41) is 3.88. The molecule has 1 nitrogen and oxygen atoms in total. The van der Waals surface area contributed by atoms with Crippen molar-refractivity contribution >= 4 is 0 Å². The quantitative estimate of drug-likeness (QED) is 0.185. The summed E-state index contributed by atoms with van der Waals surface area (Å²) in [4.78, 5) is 0. The first-order valence-corrected chi connectivity index (χ1v) is 12.8. The fourth-order valence-corrected chi connectivity index (χ4v) is 4.46. The molecule has 0 unspecified atom stereocenters. The van der Waals surface area contributed by atoms with E-state index in [-0.39, 0.29) is 0 Å². The van der Waals surface area contributed by atoms with Gasteiger partial charge in [0.15, 0.2) is 0 Å². The molecular weight excluding hydrogens is 326 g/mol. The Kier molecular flexibility index (Phi) is 20.7. The third-order valence-electron chi connectivity index (χ3n) is 6.28. The molecule has 0 aromatic rings. The first-order chi connectivity index (χ1) is 13.2. The van der Waals surface area contributed by atoms with E-state index in [4.69, 9.17) is 0 Å². The average Bonchev–Trinajstić information content (AvgIpc) is 2.67. The van der Waals surface area contributed by atoms with Gasteiger partial charge in [0, 0.05) is 5.54 Å². The Morgan fingerprint density at radius 2 is 0.778 bits per heavy atom. The van der Waals surface area contributed by atoms with Gasteiger partial charge >= 0.3 is 0 Å². The standard InChI is InChI=1S/C26H54N/c1-5-9-12-15-16-19-22-25-26(27-8-4,23-20-17-13-10-6-2)24-21-18-14-11-7-3/h27H,4-25H2,1-3H3. The Morgan fingerprint density at radius 1 is 0.481 bits per heavy atom. The molecule has 0 atom stereocenters. The minimum Gasteiger partial charge on any atom is -0.311 e. The van der Waals surface area contributed by atoms with Gasteiger partial charge in [-0.3, -0.25) is 0 Å². The molecule has 0 spiro atoms. The van der Waals surface area contributed by atoms with Gasteiger partial charge in [-0.15, -0.1) is 0 Å². The molecule has 27 heavy (non-hydrogen) atoms. The van der Waals surface area contributed by atoms with Gasteiger partial charge < -0.3 is 5.32 Å². The fraction of sp³-hybridized carbons (Fsp3) is 0.962. The maximum Gasteiger partial charge on any atom is 0.0181 e. The van der Waals surface area contributed by atoms with Gasteiger partial charge in [0.05, 0.1) is 0 Å². The predicted molar refractivity (Wildman–Crippen MR) is 125 cm³/mol. The second kappa shape index (κ2) is 20.7. The SMILES string of the molecule is [CH2]CNC(CCCCCCC)(CCCCCCC)CCCCCCCCC. The minimum atomic E-state index is 0.379. The van der Waals surface area contributed by atoms with Crippen LogP contribution in [0.1, 0.15) is 149 Å². The maximum atomic E-state index is 4.15. The fourth-order valence-electron chi connectivity index (χ4n) is 4.46. The van der Waals surface area contributed by atoms with Gasteiger partial charge in [0.25, 0.3) is 0 Å². The largest absolute Gasteiger partial charge is 0.311 e. The lowest BCUT2D eigenvalue weighted by Gasteiger charge is -2.36. The molecule has 0 aliphatic heterocycles. The third-order valence-corrected chi connectivity index (χ3v) is 6.28. The van der Waals surface area contributed by atoms with Crippen LogP contribution in [0.3, 0.4) is 0 Å². The first kappa shape index (κ1) is 27.0. The van der Waals surface area contributed by atoms with E-state index in [1.165, 1.54) is 128 Å². The van der Waals surface area contributed by atoms with Crippen LogP contribution in [0.5, 0.6) is 0 Å². The van der Waals surface area contributed by atoms with E-state index in [9.17, 15) is 0 Å². The summed E-state index contributed by atoms with van der Waals surface area (Å²) >= 11 is 0. The van der Waals surface area contributed by atoms with Crippen LogP contribution in [0.2, 0.25) is 0 Å². The molecule has 163 valence electrons. The van der Waals surface area contributed by atoms with Gasteiger partial charge in [-0.05, 0) is 32.7 Å². The molecular formula is C26H54N. The molecule has 0 saturated heterocycles. The van der Waals surface area contributed by atoms with Crippen LogP contribution >= 0.6 is 0 Å². The molecule has 0 aromatic heterocycles. The smallest absolute Gasteiger partial charge is 0.0181 e. The molecule has 0 rings (SSSR count). The highest BCUT2D eigenvalue weighted by molar-refractivity contribution is 4.88. The van der Waals surface area contributed by atoms with Crippen molar-refractivity contribution in [2.45, 2.75) is 155 Å². The summed E-state index contributed by atoms with van der Waals surface area (Å²) in [6.45, 7) is 12.0. The van der Waals surface area contributed by atoms with E-state index < -0.39 is 0 Å². The first-order valence-electron chi connectivity index (χ1n) is 12.8. The summed E-state index contributed by atoms with van der Waals surface area (Å²) in [7, 11) is 0. The Labute approximate surface area is 173 Å². The highest BCUT2D eigenvalue weighted by atomic mass is 15.0. The summed E-state index contributed by atoms with van der Waals surface area (Å²) in [5.41, 5.74) is 0.379. The lowest BCUT2D eigenvalue weighted by atomic mass is 9.81. The zero-order valence-corrected chi connectivity index (χ0v) is 19.6. The van der Waals surface area contributed by atoms with Crippen molar-refractivity contribution in [2.24, 2.45) is 0 Å². The highest BCUT2D eigenvalue weighted by Crippen LogP contribution is 2.29. The molecule has 0 aliphatic rings. The monoisotopic (exact) mass is 380 g/mol. The average molecular weight is 381 g/mol. The van der Waals surface area contributed by atoms with Gasteiger partial charge in [0.1, 0.15) is 0 Å². The van der Waals surface area contributed by atoms with Crippen LogP contribution in [0, 0.1) is 6.92 Å². The molecule has 0 aliphatic carbocycles. The second-order valence-electron chi connectivity index (χ2n) is 8.91. The van der Waals surface area contributed by atoms with Gasteiger partial charge in [0.2, 0.25) is 0 Å². The van der Waals surface area contributed by atoms with E-state index in [0.717, 1.165) is 6.54 Å². The third kappa shape index (κ3) is 16.6. The number of rotatable bonds is 22. The molecule has 0 bridgehead atoms. The van der Waals surface area contributed by atoms with Crippen LogP contribution in [0.4, 0.5) is 0 Å². The Hall–Kier alpha value is -0.0400. The Balaban J connectivity index is 4.37. The minimum absolute atomic E-state index is 0.379. The molecule has 0 fully saturated rings. The van der Waals surface area contributed by atoms with Crippen molar-refractivity contribution < 1.29 is 0 Å². The highest BCUT2D eigenvalue weighted by Gasteiger charge is 2.27. The normalized spacial score (nSPS) is 12.0. The Bertz CT molecular complexity index is 259. The number of hydrogen-bond acceptors (Lipinski definition) is 1. The molecule has 1 heteroatoms. The van der Waals surface area contributed by atoms with Crippen molar-refractivity contribution in [3.8, 4) is 0 Å². The number of unbranched alkanes of at least 4 members (excludes halogenated alkanes) is 14. The summed E-state index contributed by atoms with van der Waals surface area (Å²) in [6.07, 6.45) is 28.0. The van der Waals surface area contributed by atoms with Crippen molar-refractivity contribution in [1.82, 2.24) is 5.32 Å². The number of nitrogens with one attached hydrogen (secondary N) is 1. The van der Waals surface area contributed by atoms with E-state index in [2.05, 4.69) is 33.0 Å². The van der Waals surface area contributed by atoms with Crippen molar-refractivity contribution in [3.63, 3.8) is 0 Å². The van der Waals surface area contributed by atoms with Crippen LogP contribution in [-0.2, 0) is 0 Å². The molecule has 1 N–H and O–H groups in total. The van der Waals surface area contributed by atoms with E-state index in [1.54, 1.807) is 0 Å². The summed E-state index contributed by atoms with van der Waals surface area (Å²) < 4.78 is 0. The molecule has 1 radical (unpaired) electrons. The lowest BCUT2D eigenvalue weighted by Crippen LogP contribution is -2.45. The van der Waals surface area contributed by atoms with E-state index >= 15 is 0 Å². The van der Waals surface area contributed by atoms with Crippen molar-refractivity contribution in [3.05, 3.63) is 6.92 Å². The predicted octanol–water partition coefficient (Wildman–Crippen LogP) is 9.01. The summed E-state index contributed by atoms with van der Waals surface area (Å²) in [6, 6.07) is 0. The van der Waals surface area contributed by atoms with Crippen molar-refractivity contribution in [1.29, 1.82) is 0 Å². The second-order valence-corrected chi connectivity index (χ2v) is 8.91. The van der Waals surface area contributed by atoms with Crippen LogP contribution < -0.4 is 5.32 Å². The van der Waals surface area contributed by atoms with E-state index in [1.807, 2.05) is 0 Å². The molecule has 0 aromatic carbocycles. The van der Waals surface area contributed by atoms with Crippen LogP contribution in [-0.4, -0.2) is 12.1 Å². The molecule has 0 amide bonds. The van der Waals surface area contributed by atoms with Crippen LogP contribution in [0.15, 0.2) is 0 Å². The van der Waals surface area contributed by atoms with Gasteiger partial charge in [-0.2, -0.15) is 0 Å². The molecule has 0 saturated carbocycles.